The lowest BCUT2D eigenvalue weighted by Crippen LogP contribution is -2.32. The van der Waals surface area contributed by atoms with Crippen molar-refractivity contribution in [1.29, 1.82) is 0 Å². The number of hydrogen-bond donors (Lipinski definition) is 0. The molecule has 5 nitrogen and oxygen atoms in total. The molecule has 122 valence electrons. The van der Waals surface area contributed by atoms with Gasteiger partial charge in [0.25, 0.3) is 0 Å². The Morgan fingerprint density at radius 3 is 2.87 bits per heavy atom. The smallest absolute Gasteiger partial charge is 0.227 e. The zero-order chi connectivity index (χ0) is 16.4. The third-order valence-electron chi connectivity index (χ3n) is 4.53. The van der Waals surface area contributed by atoms with Gasteiger partial charge >= 0.3 is 0 Å². The number of ether oxygens (including phenoxy) is 1. The number of nitrogens with zero attached hydrogens (tertiary/aromatic N) is 2. The average molecular weight is 314 g/mol. The van der Waals surface area contributed by atoms with Crippen molar-refractivity contribution in [2.75, 3.05) is 13.7 Å². The molecule has 1 saturated heterocycles. The van der Waals surface area contributed by atoms with Gasteiger partial charge in [0, 0.05) is 17.7 Å². The van der Waals surface area contributed by atoms with Crippen LogP contribution in [0.25, 0.3) is 0 Å². The molecule has 1 aromatic carbocycles. The summed E-state index contributed by atoms with van der Waals surface area (Å²) >= 11 is 0. The van der Waals surface area contributed by atoms with Crippen LogP contribution < -0.4 is 4.74 Å². The second-order valence-corrected chi connectivity index (χ2v) is 5.97. The summed E-state index contributed by atoms with van der Waals surface area (Å²) < 4.78 is 10.6. The molecule has 0 saturated carbocycles. The monoisotopic (exact) mass is 314 g/mol. The van der Waals surface area contributed by atoms with Crippen LogP contribution in [-0.2, 0) is 11.2 Å². The lowest BCUT2D eigenvalue weighted by Gasteiger charge is -2.25. The summed E-state index contributed by atoms with van der Waals surface area (Å²) in [5, 5.41) is 4.03. The molecule has 1 aliphatic heterocycles. The molecule has 0 spiro atoms. The first kappa shape index (κ1) is 15.6. The molecule has 2 heterocycles. The first-order valence-electron chi connectivity index (χ1n) is 7.96. The lowest BCUT2D eigenvalue weighted by atomic mass is 10.0. The average Bonchev–Trinajstić information content (AvgIpc) is 3.14. The van der Waals surface area contributed by atoms with Crippen LogP contribution in [0.3, 0.4) is 0 Å². The molecule has 23 heavy (non-hydrogen) atoms. The number of likely N-dealkylation sites (tertiary alicyclic amines) is 1. The maximum absolute atomic E-state index is 12.8. The molecule has 1 unspecified atom stereocenters. The summed E-state index contributed by atoms with van der Waals surface area (Å²) in [7, 11) is 1.63. The van der Waals surface area contributed by atoms with Gasteiger partial charge in [-0.3, -0.25) is 4.79 Å². The summed E-state index contributed by atoms with van der Waals surface area (Å²) in [6.07, 6.45) is 2.32. The van der Waals surface area contributed by atoms with Gasteiger partial charge in [0.15, 0.2) is 0 Å². The lowest BCUT2D eigenvalue weighted by molar-refractivity contribution is -0.131. The van der Waals surface area contributed by atoms with Crippen molar-refractivity contribution in [3.63, 3.8) is 0 Å². The Hall–Kier alpha value is -2.30. The summed E-state index contributed by atoms with van der Waals surface area (Å²) in [5.41, 5.74) is 2.87. The predicted octanol–water partition coefficient (Wildman–Crippen LogP) is 3.21. The van der Waals surface area contributed by atoms with Gasteiger partial charge in [0.2, 0.25) is 5.91 Å². The summed E-state index contributed by atoms with van der Waals surface area (Å²) in [5.74, 6) is 1.69. The Kier molecular flexibility index (Phi) is 4.37. The largest absolute Gasteiger partial charge is 0.496 e. The molecule has 1 atom stereocenters. The fourth-order valence-electron chi connectivity index (χ4n) is 3.44. The molecule has 0 N–H and O–H groups in total. The van der Waals surface area contributed by atoms with Crippen molar-refractivity contribution in [3.8, 4) is 5.75 Å². The zero-order valence-corrected chi connectivity index (χ0v) is 13.8. The van der Waals surface area contributed by atoms with Crippen molar-refractivity contribution in [2.45, 2.75) is 39.2 Å². The van der Waals surface area contributed by atoms with Crippen molar-refractivity contribution in [1.82, 2.24) is 10.1 Å². The fraction of sp³-hybridized carbons (Fsp3) is 0.444. The van der Waals surface area contributed by atoms with E-state index in [1.807, 2.05) is 43.0 Å². The topological polar surface area (TPSA) is 55.6 Å². The quantitative estimate of drug-likeness (QED) is 0.869. The number of carbonyl (C=O) groups is 1. The van der Waals surface area contributed by atoms with Crippen molar-refractivity contribution >= 4 is 5.91 Å². The predicted molar refractivity (Wildman–Crippen MR) is 86.4 cm³/mol. The van der Waals surface area contributed by atoms with Gasteiger partial charge in [0.1, 0.15) is 11.5 Å². The van der Waals surface area contributed by atoms with E-state index in [1.165, 1.54) is 0 Å². The minimum atomic E-state index is 0.0726. The molecule has 1 aliphatic rings. The highest BCUT2D eigenvalue weighted by Gasteiger charge is 2.33. The van der Waals surface area contributed by atoms with Gasteiger partial charge in [-0.2, -0.15) is 0 Å². The third-order valence-corrected chi connectivity index (χ3v) is 4.53. The second-order valence-electron chi connectivity index (χ2n) is 5.97. The SMILES string of the molecule is COc1ccccc1CC(=O)N1CCCC1c1c(C)noc1C. The number of carbonyl (C=O) groups excluding carboxylic acids is 1. The molecule has 0 aliphatic carbocycles. The molecule has 0 radical (unpaired) electrons. The highest BCUT2D eigenvalue weighted by atomic mass is 16.5. The molecule has 1 amide bonds. The maximum Gasteiger partial charge on any atom is 0.227 e. The maximum atomic E-state index is 12.8. The van der Waals surface area contributed by atoms with Crippen molar-refractivity contribution < 1.29 is 14.1 Å². The van der Waals surface area contributed by atoms with E-state index in [0.29, 0.717) is 6.42 Å². The molecule has 0 bridgehead atoms. The first-order valence-corrected chi connectivity index (χ1v) is 7.96. The van der Waals surface area contributed by atoms with Crippen LogP contribution in [0.4, 0.5) is 0 Å². The number of amides is 1. The zero-order valence-electron chi connectivity index (χ0n) is 13.8. The number of methoxy groups -OCH3 is 1. The van der Waals surface area contributed by atoms with E-state index >= 15 is 0 Å². The standard InChI is InChI=1S/C18H22N2O3/c1-12-18(13(2)23-19-12)15-8-6-10-20(15)17(21)11-14-7-4-5-9-16(14)22-3/h4-5,7,9,15H,6,8,10-11H2,1-3H3. The van der Waals surface area contributed by atoms with Gasteiger partial charge in [-0.15, -0.1) is 0 Å². The van der Waals surface area contributed by atoms with Gasteiger partial charge in [-0.05, 0) is 32.8 Å². The summed E-state index contributed by atoms with van der Waals surface area (Å²) in [6.45, 7) is 4.63. The van der Waals surface area contributed by atoms with Crippen molar-refractivity contribution in [2.24, 2.45) is 0 Å². The minimum Gasteiger partial charge on any atom is -0.496 e. The van der Waals surface area contributed by atoms with E-state index in [-0.39, 0.29) is 11.9 Å². The van der Waals surface area contributed by atoms with Crippen molar-refractivity contribution in [3.05, 3.63) is 46.8 Å². The Balaban J connectivity index is 1.81. The molecule has 5 heteroatoms. The van der Waals surface area contributed by atoms with Crippen LogP contribution in [0.5, 0.6) is 5.75 Å². The molecule has 1 fully saturated rings. The normalized spacial score (nSPS) is 17.5. The van der Waals surface area contributed by atoms with Crippen LogP contribution in [0.15, 0.2) is 28.8 Å². The summed E-state index contributed by atoms with van der Waals surface area (Å²) in [4.78, 5) is 14.8. The number of para-hydroxylation sites is 1. The number of benzene rings is 1. The van der Waals surface area contributed by atoms with E-state index < -0.39 is 0 Å². The summed E-state index contributed by atoms with van der Waals surface area (Å²) in [6, 6.07) is 7.75. The second kappa shape index (κ2) is 6.44. The highest BCUT2D eigenvalue weighted by Crippen LogP contribution is 2.36. The van der Waals surface area contributed by atoms with E-state index in [9.17, 15) is 4.79 Å². The van der Waals surface area contributed by atoms with E-state index in [4.69, 9.17) is 9.26 Å². The van der Waals surface area contributed by atoms with Gasteiger partial charge in [-0.25, -0.2) is 0 Å². The van der Waals surface area contributed by atoms with E-state index in [0.717, 1.165) is 47.7 Å². The number of aryl methyl sites for hydroxylation is 2. The van der Waals surface area contributed by atoms with Gasteiger partial charge in [0.05, 0.1) is 25.3 Å². The molecular formula is C18H22N2O3. The van der Waals surface area contributed by atoms with Crippen LogP contribution in [0.2, 0.25) is 0 Å². The first-order chi connectivity index (χ1) is 11.1. The Morgan fingerprint density at radius 1 is 1.39 bits per heavy atom. The van der Waals surface area contributed by atoms with Gasteiger partial charge < -0.3 is 14.2 Å². The Labute approximate surface area is 136 Å². The minimum absolute atomic E-state index is 0.0726. The highest BCUT2D eigenvalue weighted by molar-refractivity contribution is 5.80. The Bertz CT molecular complexity index is 689. The third kappa shape index (κ3) is 2.96. The number of rotatable bonds is 4. The van der Waals surface area contributed by atoms with E-state index in [2.05, 4.69) is 5.16 Å². The van der Waals surface area contributed by atoms with Crippen LogP contribution in [0, 0.1) is 13.8 Å². The number of aromatic nitrogens is 1. The van der Waals surface area contributed by atoms with Gasteiger partial charge in [-0.1, -0.05) is 23.4 Å². The number of hydrogen-bond acceptors (Lipinski definition) is 4. The molecular weight excluding hydrogens is 292 g/mol. The Morgan fingerprint density at radius 2 is 2.17 bits per heavy atom. The van der Waals surface area contributed by atoms with Crippen LogP contribution in [-0.4, -0.2) is 29.6 Å². The van der Waals surface area contributed by atoms with Crippen LogP contribution in [0.1, 0.15) is 41.5 Å². The fourth-order valence-corrected chi connectivity index (χ4v) is 3.44. The molecule has 2 aromatic rings. The van der Waals surface area contributed by atoms with E-state index in [1.54, 1.807) is 7.11 Å². The molecule has 1 aromatic heterocycles. The molecule has 3 rings (SSSR count). The van der Waals surface area contributed by atoms with Crippen LogP contribution >= 0.6 is 0 Å².